The lowest BCUT2D eigenvalue weighted by molar-refractivity contribution is 0.316. The molecule has 0 unspecified atom stereocenters. The van der Waals surface area contributed by atoms with Gasteiger partial charge < -0.3 is 4.74 Å². The van der Waals surface area contributed by atoms with Crippen LogP contribution in [0.25, 0.3) is 0 Å². The Kier molecular flexibility index (Phi) is 3.03. The minimum atomic E-state index is -3.23. The molecule has 0 atom stereocenters. The molecule has 0 aliphatic carbocycles. The molecular weight excluding hydrogens is 238 g/mol. The molecular formula is C12H17NO3S. The number of anilines is 1. The van der Waals surface area contributed by atoms with E-state index in [4.69, 9.17) is 4.74 Å². The molecule has 4 nitrogen and oxygen atoms in total. The Bertz CT molecular complexity index is 523. The topological polar surface area (TPSA) is 46.6 Å². The van der Waals surface area contributed by atoms with Gasteiger partial charge in [-0.05, 0) is 23.6 Å². The first-order valence-corrected chi connectivity index (χ1v) is 7.49. The molecule has 1 aliphatic heterocycles. The molecule has 1 aromatic rings. The number of hydrogen-bond donors (Lipinski definition) is 0. The van der Waals surface area contributed by atoms with Crippen LogP contribution in [0, 0.1) is 0 Å². The summed E-state index contributed by atoms with van der Waals surface area (Å²) in [5.41, 5.74) is 1.77. The molecule has 0 spiro atoms. The fourth-order valence-corrected chi connectivity index (χ4v) is 2.82. The zero-order valence-electron chi connectivity index (χ0n) is 10.3. The molecule has 1 heterocycles. The van der Waals surface area contributed by atoms with Crippen molar-refractivity contribution in [3.05, 3.63) is 23.8 Å². The van der Waals surface area contributed by atoms with Crippen LogP contribution in [0.2, 0.25) is 0 Å². The van der Waals surface area contributed by atoms with Gasteiger partial charge in [0.1, 0.15) is 12.4 Å². The summed E-state index contributed by atoms with van der Waals surface area (Å²) in [4.78, 5) is 0. The molecule has 1 aromatic carbocycles. The van der Waals surface area contributed by atoms with E-state index in [1.807, 2.05) is 18.2 Å². The molecule has 0 N–H and O–H groups in total. The number of hydrogen-bond acceptors (Lipinski definition) is 3. The number of benzene rings is 1. The first-order valence-electron chi connectivity index (χ1n) is 5.64. The van der Waals surface area contributed by atoms with Crippen molar-refractivity contribution in [3.8, 4) is 5.75 Å². The van der Waals surface area contributed by atoms with Gasteiger partial charge in [0.2, 0.25) is 10.0 Å². The third kappa shape index (κ3) is 2.39. The minimum absolute atomic E-state index is 0.364. The Morgan fingerprint density at radius 1 is 1.35 bits per heavy atom. The molecule has 0 amide bonds. The van der Waals surface area contributed by atoms with Gasteiger partial charge in [0.25, 0.3) is 0 Å². The summed E-state index contributed by atoms with van der Waals surface area (Å²) in [6.45, 7) is 4.95. The Morgan fingerprint density at radius 3 is 2.65 bits per heavy atom. The maximum atomic E-state index is 11.7. The van der Waals surface area contributed by atoms with Crippen molar-refractivity contribution in [2.75, 3.05) is 23.7 Å². The van der Waals surface area contributed by atoms with Crippen molar-refractivity contribution in [3.63, 3.8) is 0 Å². The van der Waals surface area contributed by atoms with Crippen molar-refractivity contribution in [2.24, 2.45) is 0 Å². The minimum Gasteiger partial charge on any atom is -0.489 e. The van der Waals surface area contributed by atoms with E-state index in [1.165, 1.54) is 10.6 Å². The van der Waals surface area contributed by atoms with Crippen LogP contribution < -0.4 is 9.04 Å². The number of nitrogens with zero attached hydrogens (tertiary/aromatic N) is 1. The third-order valence-corrected chi connectivity index (χ3v) is 4.05. The SMILES string of the molecule is CC(C)c1ccc2c(c1)N(S(C)(=O)=O)CCO2. The Labute approximate surface area is 102 Å². The predicted molar refractivity (Wildman–Crippen MR) is 68.2 cm³/mol. The highest BCUT2D eigenvalue weighted by Crippen LogP contribution is 2.35. The maximum Gasteiger partial charge on any atom is 0.232 e. The van der Waals surface area contributed by atoms with Gasteiger partial charge in [-0.2, -0.15) is 0 Å². The molecule has 0 saturated carbocycles. The predicted octanol–water partition coefficient (Wildman–Crippen LogP) is 1.97. The molecule has 1 aliphatic rings. The molecule has 0 fully saturated rings. The van der Waals surface area contributed by atoms with Crippen molar-refractivity contribution in [2.45, 2.75) is 19.8 Å². The van der Waals surface area contributed by atoms with Crippen molar-refractivity contribution in [1.82, 2.24) is 0 Å². The highest BCUT2D eigenvalue weighted by Gasteiger charge is 2.25. The first-order chi connectivity index (χ1) is 7.89. The van der Waals surface area contributed by atoms with Crippen LogP contribution in [0.4, 0.5) is 5.69 Å². The van der Waals surface area contributed by atoms with E-state index in [1.54, 1.807) is 0 Å². The van der Waals surface area contributed by atoms with E-state index in [0.717, 1.165) is 5.56 Å². The van der Waals surface area contributed by atoms with Gasteiger partial charge in [0, 0.05) is 0 Å². The molecule has 0 saturated heterocycles. The second kappa shape index (κ2) is 4.22. The van der Waals surface area contributed by atoms with Crippen LogP contribution in [0.5, 0.6) is 5.75 Å². The summed E-state index contributed by atoms with van der Waals surface area (Å²) in [6.07, 6.45) is 1.23. The van der Waals surface area contributed by atoms with E-state index in [9.17, 15) is 8.42 Å². The van der Waals surface area contributed by atoms with E-state index < -0.39 is 10.0 Å². The Balaban J connectivity index is 2.52. The quantitative estimate of drug-likeness (QED) is 0.811. The summed E-state index contributed by atoms with van der Waals surface area (Å²) in [5, 5.41) is 0. The Morgan fingerprint density at radius 2 is 2.06 bits per heavy atom. The average molecular weight is 255 g/mol. The van der Waals surface area contributed by atoms with Crippen LogP contribution >= 0.6 is 0 Å². The summed E-state index contributed by atoms with van der Waals surface area (Å²) in [5.74, 6) is 1.01. The zero-order valence-corrected chi connectivity index (χ0v) is 11.1. The monoisotopic (exact) mass is 255 g/mol. The second-order valence-electron chi connectivity index (χ2n) is 4.57. The average Bonchev–Trinajstić information content (AvgIpc) is 2.26. The van der Waals surface area contributed by atoms with E-state index >= 15 is 0 Å². The van der Waals surface area contributed by atoms with E-state index in [2.05, 4.69) is 13.8 Å². The number of ether oxygens (including phenoxy) is 1. The van der Waals surface area contributed by atoms with Crippen LogP contribution in [-0.4, -0.2) is 27.8 Å². The molecule has 0 bridgehead atoms. The van der Waals surface area contributed by atoms with Gasteiger partial charge in [-0.1, -0.05) is 19.9 Å². The van der Waals surface area contributed by atoms with Gasteiger partial charge >= 0.3 is 0 Å². The highest BCUT2D eigenvalue weighted by molar-refractivity contribution is 7.92. The van der Waals surface area contributed by atoms with E-state index in [-0.39, 0.29) is 0 Å². The summed E-state index contributed by atoms with van der Waals surface area (Å²) < 4.78 is 30.3. The van der Waals surface area contributed by atoms with Crippen LogP contribution in [0.1, 0.15) is 25.3 Å². The number of rotatable bonds is 2. The molecule has 17 heavy (non-hydrogen) atoms. The summed E-state index contributed by atoms with van der Waals surface area (Å²) in [7, 11) is -3.23. The lowest BCUT2D eigenvalue weighted by Crippen LogP contribution is -2.37. The molecule has 0 aromatic heterocycles. The highest BCUT2D eigenvalue weighted by atomic mass is 32.2. The van der Waals surface area contributed by atoms with Gasteiger partial charge in [0.15, 0.2) is 0 Å². The third-order valence-electron chi connectivity index (χ3n) is 2.87. The standard InChI is InChI=1S/C12H17NO3S/c1-9(2)10-4-5-12-11(8-10)13(6-7-16-12)17(3,14)15/h4-5,8-9H,6-7H2,1-3H3. The summed E-state index contributed by atoms with van der Waals surface area (Å²) >= 11 is 0. The number of sulfonamides is 1. The lowest BCUT2D eigenvalue weighted by Gasteiger charge is -2.29. The first kappa shape index (κ1) is 12.2. The van der Waals surface area contributed by atoms with Crippen LogP contribution in [-0.2, 0) is 10.0 Å². The molecule has 94 valence electrons. The molecule has 2 rings (SSSR count). The van der Waals surface area contributed by atoms with Gasteiger partial charge in [-0.15, -0.1) is 0 Å². The van der Waals surface area contributed by atoms with Gasteiger partial charge in [0.05, 0.1) is 18.5 Å². The largest absolute Gasteiger partial charge is 0.489 e. The number of fused-ring (bicyclic) bond motifs is 1. The summed E-state index contributed by atoms with van der Waals surface area (Å²) in [6, 6.07) is 5.73. The fraction of sp³-hybridized carbons (Fsp3) is 0.500. The zero-order chi connectivity index (χ0) is 12.6. The Hall–Kier alpha value is -1.23. The normalized spacial score (nSPS) is 15.6. The smallest absolute Gasteiger partial charge is 0.232 e. The molecule has 5 heteroatoms. The lowest BCUT2D eigenvalue weighted by atomic mass is 10.0. The van der Waals surface area contributed by atoms with E-state index in [0.29, 0.717) is 30.5 Å². The maximum absolute atomic E-state index is 11.7. The van der Waals surface area contributed by atoms with Crippen molar-refractivity contribution >= 4 is 15.7 Å². The fourth-order valence-electron chi connectivity index (χ4n) is 1.91. The second-order valence-corrected chi connectivity index (χ2v) is 6.47. The van der Waals surface area contributed by atoms with Crippen molar-refractivity contribution in [1.29, 1.82) is 0 Å². The van der Waals surface area contributed by atoms with Gasteiger partial charge in [-0.25, -0.2) is 8.42 Å². The van der Waals surface area contributed by atoms with Gasteiger partial charge in [-0.3, -0.25) is 4.31 Å². The molecule has 0 radical (unpaired) electrons. The van der Waals surface area contributed by atoms with Crippen LogP contribution in [0.3, 0.4) is 0 Å². The van der Waals surface area contributed by atoms with Crippen LogP contribution in [0.15, 0.2) is 18.2 Å². The van der Waals surface area contributed by atoms with Crippen molar-refractivity contribution < 1.29 is 13.2 Å².